The first-order chi connectivity index (χ1) is 10.2. The smallest absolute Gasteiger partial charge is 0.144 e. The maximum Gasteiger partial charge on any atom is 0.144 e. The van der Waals surface area contributed by atoms with Gasteiger partial charge in [-0.15, -0.1) is 0 Å². The van der Waals surface area contributed by atoms with Crippen LogP contribution < -0.4 is 9.64 Å². The van der Waals surface area contributed by atoms with Crippen molar-refractivity contribution in [2.45, 2.75) is 6.04 Å². The molecule has 2 heterocycles. The third-order valence-corrected chi connectivity index (χ3v) is 3.59. The van der Waals surface area contributed by atoms with E-state index in [0.29, 0.717) is 31.1 Å². The number of morpholine rings is 1. The summed E-state index contributed by atoms with van der Waals surface area (Å²) in [6.45, 7) is 2.81. The van der Waals surface area contributed by atoms with E-state index in [-0.39, 0.29) is 6.04 Å². The average Bonchev–Trinajstić information content (AvgIpc) is 2.51. The summed E-state index contributed by atoms with van der Waals surface area (Å²) in [5.74, 6) is 0.790. The van der Waals surface area contributed by atoms with Crippen LogP contribution in [0.1, 0.15) is 5.56 Å². The zero-order chi connectivity index (χ0) is 14.8. The molecule has 0 bridgehead atoms. The highest BCUT2D eigenvalue weighted by atomic mass is 16.5. The van der Waals surface area contributed by atoms with Crippen molar-refractivity contribution in [1.29, 1.82) is 5.26 Å². The molecule has 3 rings (SSSR count). The number of rotatable bonds is 2. The predicted molar refractivity (Wildman–Crippen MR) is 80.4 cm³/mol. The normalized spacial score (nSPS) is 20.4. The molecule has 110 valence electrons. The highest BCUT2D eigenvalue weighted by Crippen LogP contribution is 2.39. The zero-order valence-electron chi connectivity index (χ0n) is 12.2. The van der Waals surface area contributed by atoms with Gasteiger partial charge in [0.25, 0.3) is 0 Å². The second-order valence-corrected chi connectivity index (χ2v) is 5.39. The Bertz CT molecular complexity index is 606. The van der Waals surface area contributed by atoms with Gasteiger partial charge in [-0.1, -0.05) is 0 Å². The molecule has 2 aliphatic heterocycles. The number of nitriles is 1. The standard InChI is InChI=1S/C15H18N4O2/c1-18(2)10-17-13-6-15-14(5-11(13)7-16)19-3-4-20-8-12(19)9-21-15/h5-6,10,12H,3-4,8-9H2,1-2H3/t12-/m0/s1. The van der Waals surface area contributed by atoms with Crippen LogP contribution in [0.4, 0.5) is 11.4 Å². The van der Waals surface area contributed by atoms with Gasteiger partial charge in [0.05, 0.1) is 42.5 Å². The van der Waals surface area contributed by atoms with Crippen LogP contribution in [0.15, 0.2) is 17.1 Å². The number of ether oxygens (including phenoxy) is 2. The number of fused-ring (bicyclic) bond motifs is 3. The van der Waals surface area contributed by atoms with Crippen molar-refractivity contribution in [3.05, 3.63) is 17.7 Å². The van der Waals surface area contributed by atoms with Gasteiger partial charge in [-0.3, -0.25) is 0 Å². The molecule has 0 N–H and O–H groups in total. The lowest BCUT2D eigenvalue weighted by atomic mass is 10.1. The quantitative estimate of drug-likeness (QED) is 0.607. The summed E-state index contributed by atoms with van der Waals surface area (Å²) in [4.78, 5) is 8.44. The topological polar surface area (TPSA) is 61.1 Å². The van der Waals surface area contributed by atoms with Crippen molar-refractivity contribution >= 4 is 17.7 Å². The average molecular weight is 286 g/mol. The van der Waals surface area contributed by atoms with Crippen LogP contribution in [-0.2, 0) is 4.74 Å². The fraction of sp³-hybridized carbons (Fsp3) is 0.467. The van der Waals surface area contributed by atoms with Crippen LogP contribution in [0.3, 0.4) is 0 Å². The molecule has 6 heteroatoms. The van der Waals surface area contributed by atoms with Gasteiger partial charge >= 0.3 is 0 Å². The van der Waals surface area contributed by atoms with Crippen molar-refractivity contribution in [3.8, 4) is 11.8 Å². The molecule has 1 aromatic rings. The van der Waals surface area contributed by atoms with E-state index in [1.165, 1.54) is 0 Å². The van der Waals surface area contributed by atoms with Crippen molar-refractivity contribution in [3.63, 3.8) is 0 Å². The van der Waals surface area contributed by atoms with Gasteiger partial charge in [0.2, 0.25) is 0 Å². The van der Waals surface area contributed by atoms with Gasteiger partial charge in [-0.05, 0) is 6.07 Å². The molecule has 1 atom stereocenters. The SMILES string of the molecule is CN(C)C=Nc1cc2c(cc1C#N)N1CCOC[C@H]1CO2. The maximum absolute atomic E-state index is 9.36. The summed E-state index contributed by atoms with van der Waals surface area (Å²) < 4.78 is 11.3. The number of aliphatic imine (C=N–C) groups is 1. The van der Waals surface area contributed by atoms with Crippen molar-refractivity contribution < 1.29 is 9.47 Å². The van der Waals surface area contributed by atoms with Gasteiger partial charge in [-0.25, -0.2) is 4.99 Å². The molecular weight excluding hydrogens is 268 g/mol. The van der Waals surface area contributed by atoms with E-state index in [4.69, 9.17) is 9.47 Å². The molecule has 1 aromatic carbocycles. The minimum atomic E-state index is 0.230. The van der Waals surface area contributed by atoms with Crippen LogP contribution in [0, 0.1) is 11.3 Å². The Morgan fingerprint density at radius 1 is 1.43 bits per heavy atom. The molecule has 0 aromatic heterocycles. The molecule has 6 nitrogen and oxygen atoms in total. The third kappa shape index (κ3) is 2.65. The van der Waals surface area contributed by atoms with Gasteiger partial charge < -0.3 is 19.3 Å². The summed E-state index contributed by atoms with van der Waals surface area (Å²) in [6, 6.07) is 6.17. The van der Waals surface area contributed by atoms with Crippen molar-refractivity contribution in [2.24, 2.45) is 4.99 Å². The Balaban J connectivity index is 2.00. The lowest BCUT2D eigenvalue weighted by Crippen LogP contribution is -2.51. The molecule has 0 aliphatic carbocycles. The first kappa shape index (κ1) is 13.7. The van der Waals surface area contributed by atoms with E-state index >= 15 is 0 Å². The maximum atomic E-state index is 9.36. The monoisotopic (exact) mass is 286 g/mol. The third-order valence-electron chi connectivity index (χ3n) is 3.59. The van der Waals surface area contributed by atoms with E-state index in [0.717, 1.165) is 18.0 Å². The Labute approximate surface area is 124 Å². The molecule has 1 fully saturated rings. The predicted octanol–water partition coefficient (Wildman–Crippen LogP) is 1.38. The van der Waals surface area contributed by atoms with E-state index in [1.54, 1.807) is 6.34 Å². The molecule has 21 heavy (non-hydrogen) atoms. The van der Waals surface area contributed by atoms with E-state index < -0.39 is 0 Å². The minimum absolute atomic E-state index is 0.230. The van der Waals surface area contributed by atoms with E-state index in [1.807, 2.05) is 31.1 Å². The first-order valence-electron chi connectivity index (χ1n) is 6.95. The van der Waals surface area contributed by atoms with Crippen molar-refractivity contribution in [1.82, 2.24) is 4.90 Å². The summed E-state index contributed by atoms with van der Waals surface area (Å²) in [5.41, 5.74) is 2.16. The summed E-state index contributed by atoms with van der Waals surface area (Å²) in [5, 5.41) is 9.36. The van der Waals surface area contributed by atoms with E-state index in [9.17, 15) is 5.26 Å². The number of hydrogen-bond acceptors (Lipinski definition) is 5. The highest BCUT2D eigenvalue weighted by Gasteiger charge is 2.31. The second-order valence-electron chi connectivity index (χ2n) is 5.39. The lowest BCUT2D eigenvalue weighted by molar-refractivity contribution is 0.0705. The lowest BCUT2D eigenvalue weighted by Gasteiger charge is -2.41. The fourth-order valence-corrected chi connectivity index (χ4v) is 2.57. The van der Waals surface area contributed by atoms with E-state index in [2.05, 4.69) is 16.0 Å². The molecular formula is C15H18N4O2. The Kier molecular flexibility index (Phi) is 3.67. The molecule has 1 saturated heterocycles. The van der Waals surface area contributed by atoms with Gasteiger partial charge in [0.15, 0.2) is 0 Å². The molecule has 0 radical (unpaired) electrons. The Morgan fingerprint density at radius 3 is 3.05 bits per heavy atom. The summed E-state index contributed by atoms with van der Waals surface area (Å²) in [7, 11) is 3.78. The van der Waals surface area contributed by atoms with Gasteiger partial charge in [0, 0.05) is 26.7 Å². The molecule has 0 saturated carbocycles. The molecule has 2 aliphatic rings. The number of anilines is 1. The summed E-state index contributed by atoms with van der Waals surface area (Å²) in [6.07, 6.45) is 1.68. The van der Waals surface area contributed by atoms with Crippen LogP contribution in [0.5, 0.6) is 5.75 Å². The van der Waals surface area contributed by atoms with Crippen LogP contribution in [-0.4, -0.2) is 57.7 Å². The molecule has 0 amide bonds. The molecule has 0 unspecified atom stereocenters. The van der Waals surface area contributed by atoms with Crippen LogP contribution in [0.2, 0.25) is 0 Å². The summed E-state index contributed by atoms with van der Waals surface area (Å²) >= 11 is 0. The second kappa shape index (κ2) is 5.62. The van der Waals surface area contributed by atoms with Gasteiger partial charge in [-0.2, -0.15) is 5.26 Å². The minimum Gasteiger partial charge on any atom is -0.489 e. The fourth-order valence-electron chi connectivity index (χ4n) is 2.57. The van der Waals surface area contributed by atoms with Crippen molar-refractivity contribution in [2.75, 3.05) is 45.4 Å². The van der Waals surface area contributed by atoms with Crippen LogP contribution in [0.25, 0.3) is 0 Å². The largest absolute Gasteiger partial charge is 0.489 e. The first-order valence-corrected chi connectivity index (χ1v) is 6.95. The highest BCUT2D eigenvalue weighted by molar-refractivity contribution is 5.74. The Hall–Kier alpha value is -2.26. The molecule has 0 spiro atoms. The number of nitrogens with zero attached hydrogens (tertiary/aromatic N) is 4. The number of hydrogen-bond donors (Lipinski definition) is 0. The Morgan fingerprint density at radius 2 is 2.29 bits per heavy atom. The van der Waals surface area contributed by atoms with Crippen LogP contribution >= 0.6 is 0 Å². The zero-order valence-corrected chi connectivity index (χ0v) is 12.2. The number of benzene rings is 1. The van der Waals surface area contributed by atoms with Gasteiger partial charge in [0.1, 0.15) is 18.4 Å².